The van der Waals surface area contributed by atoms with Gasteiger partial charge in [-0.1, -0.05) is 0 Å². The van der Waals surface area contributed by atoms with Crippen LogP contribution in [0, 0.1) is 22.7 Å². The maximum absolute atomic E-state index is 11.8. The van der Waals surface area contributed by atoms with Crippen LogP contribution in [-0.4, -0.2) is 63.5 Å². The van der Waals surface area contributed by atoms with Gasteiger partial charge in [0, 0.05) is 0 Å². The molecule has 0 N–H and O–H groups in total. The Morgan fingerprint density at radius 3 is 1.29 bits per heavy atom. The highest BCUT2D eigenvalue weighted by Crippen LogP contribution is 2.06. The third-order valence-electron chi connectivity index (χ3n) is 4.12. The fourth-order valence-corrected chi connectivity index (χ4v) is 2.39. The molecule has 2 aromatic carbocycles. The zero-order valence-electron chi connectivity index (χ0n) is 18.4. The van der Waals surface area contributed by atoms with Gasteiger partial charge in [-0.3, -0.25) is 0 Å². The monoisotopic (exact) mass is 480 g/mol. The molecular weight excluding hydrogens is 460 g/mol. The van der Waals surface area contributed by atoms with E-state index >= 15 is 0 Å². The summed E-state index contributed by atoms with van der Waals surface area (Å²) in [5.74, 6) is -3.00. The Labute approximate surface area is 200 Å². The summed E-state index contributed by atoms with van der Waals surface area (Å²) in [4.78, 5) is 46.8. The van der Waals surface area contributed by atoms with Gasteiger partial charge in [0.2, 0.25) is 0 Å². The highest BCUT2D eigenvalue weighted by Gasteiger charge is 2.12. The summed E-state index contributed by atoms with van der Waals surface area (Å²) in [6.07, 6.45) is 0. The number of carbonyl (C=O) groups excluding carboxylic acids is 4. The molecule has 0 bridgehead atoms. The summed E-state index contributed by atoms with van der Waals surface area (Å²) in [6, 6.07) is 15.3. The molecule has 0 saturated heterocycles. The van der Waals surface area contributed by atoms with Crippen LogP contribution in [0.25, 0.3) is 0 Å². The topological polar surface area (TPSA) is 162 Å². The molecule has 0 aliphatic heterocycles. The molecule has 0 aromatic heterocycles. The number of rotatable bonds is 12. The van der Waals surface area contributed by atoms with E-state index in [1.807, 2.05) is 12.1 Å². The summed E-state index contributed by atoms with van der Waals surface area (Å²) in [7, 11) is 0. The second kappa shape index (κ2) is 14.4. The van der Waals surface area contributed by atoms with Gasteiger partial charge in [0.1, 0.15) is 13.2 Å². The molecule has 0 heterocycles. The van der Waals surface area contributed by atoms with Crippen molar-refractivity contribution in [2.45, 2.75) is 0 Å². The van der Waals surface area contributed by atoms with Crippen molar-refractivity contribution in [3.63, 3.8) is 0 Å². The molecule has 0 spiro atoms. The van der Waals surface area contributed by atoms with Gasteiger partial charge in [0.25, 0.3) is 0 Å². The molecule has 0 saturated carbocycles. The van der Waals surface area contributed by atoms with Crippen LogP contribution in [-0.2, 0) is 33.3 Å². The number of carbonyl (C=O) groups is 4. The van der Waals surface area contributed by atoms with Crippen molar-refractivity contribution < 1.29 is 42.9 Å². The Bertz CT molecular complexity index is 1020. The van der Waals surface area contributed by atoms with E-state index in [4.69, 9.17) is 34.2 Å². The zero-order valence-corrected chi connectivity index (χ0v) is 18.4. The molecule has 0 amide bonds. The van der Waals surface area contributed by atoms with Crippen LogP contribution in [0.5, 0.6) is 0 Å². The van der Waals surface area contributed by atoms with Crippen molar-refractivity contribution in [1.82, 2.24) is 0 Å². The van der Waals surface area contributed by atoms with Crippen LogP contribution in [0.1, 0.15) is 31.8 Å². The Kier molecular flexibility index (Phi) is 10.9. The minimum atomic E-state index is -0.772. The Balaban J connectivity index is 1.49. The number of hydrogen-bond donors (Lipinski definition) is 0. The molecule has 0 fully saturated rings. The Hall–Kier alpha value is -4.74. The average Bonchev–Trinajstić information content (AvgIpc) is 2.89. The molecule has 0 aliphatic carbocycles. The van der Waals surface area contributed by atoms with Crippen LogP contribution in [0.15, 0.2) is 48.5 Å². The number of benzene rings is 2. The molecule has 0 atom stereocenters. The number of nitrogens with zero attached hydrogens (tertiary/aromatic N) is 2. The molecule has 35 heavy (non-hydrogen) atoms. The minimum Gasteiger partial charge on any atom is -0.461 e. The predicted octanol–water partition coefficient (Wildman–Crippen LogP) is 1.55. The lowest BCUT2D eigenvalue weighted by molar-refractivity contribution is -0.150. The van der Waals surface area contributed by atoms with E-state index in [2.05, 4.69) is 0 Å². The molecular formula is C24H20N2O9. The zero-order chi connectivity index (χ0) is 25.5. The fraction of sp³-hybridized carbons (Fsp3) is 0.250. The van der Waals surface area contributed by atoms with Crippen LogP contribution < -0.4 is 0 Å². The van der Waals surface area contributed by atoms with Gasteiger partial charge < -0.3 is 23.7 Å². The van der Waals surface area contributed by atoms with E-state index in [1.54, 1.807) is 0 Å². The van der Waals surface area contributed by atoms with Crippen LogP contribution in [0.3, 0.4) is 0 Å². The normalized spacial score (nSPS) is 9.77. The number of esters is 4. The molecule has 0 unspecified atom stereocenters. The number of nitriles is 2. The molecule has 180 valence electrons. The molecule has 0 aliphatic rings. The van der Waals surface area contributed by atoms with Crippen LogP contribution in [0.4, 0.5) is 0 Å². The molecule has 2 rings (SSSR count). The van der Waals surface area contributed by atoms with E-state index in [9.17, 15) is 19.2 Å². The first-order valence-electron chi connectivity index (χ1n) is 10.2. The summed E-state index contributed by atoms with van der Waals surface area (Å²) >= 11 is 0. The summed E-state index contributed by atoms with van der Waals surface area (Å²) in [6.45, 7) is -1.36. The van der Waals surface area contributed by atoms with E-state index < -0.39 is 37.1 Å². The average molecular weight is 480 g/mol. The number of hydrogen-bond acceptors (Lipinski definition) is 11. The molecule has 11 heteroatoms. The van der Waals surface area contributed by atoms with Gasteiger partial charge in [-0.2, -0.15) is 10.5 Å². The van der Waals surface area contributed by atoms with E-state index in [1.165, 1.54) is 48.5 Å². The quantitative estimate of drug-likeness (QED) is 0.246. The van der Waals surface area contributed by atoms with Crippen molar-refractivity contribution in [2.75, 3.05) is 39.6 Å². The van der Waals surface area contributed by atoms with Gasteiger partial charge in [-0.15, -0.1) is 0 Å². The first kappa shape index (κ1) is 26.5. The summed E-state index contributed by atoms with van der Waals surface area (Å²) in [5, 5.41) is 17.4. The van der Waals surface area contributed by atoms with Crippen molar-refractivity contribution in [3.8, 4) is 12.1 Å². The van der Waals surface area contributed by atoms with Crippen molar-refractivity contribution in [3.05, 3.63) is 70.8 Å². The minimum absolute atomic E-state index is 0.0144. The lowest BCUT2D eigenvalue weighted by Gasteiger charge is -2.08. The smallest absolute Gasteiger partial charge is 0.344 e. The van der Waals surface area contributed by atoms with Crippen LogP contribution in [0.2, 0.25) is 0 Å². The van der Waals surface area contributed by atoms with Gasteiger partial charge in [0.05, 0.1) is 47.6 Å². The second-order valence-electron chi connectivity index (χ2n) is 6.58. The van der Waals surface area contributed by atoms with E-state index in [0.717, 1.165) is 0 Å². The maximum Gasteiger partial charge on any atom is 0.344 e. The van der Waals surface area contributed by atoms with E-state index in [0.29, 0.717) is 11.1 Å². The second-order valence-corrected chi connectivity index (χ2v) is 6.58. The number of ether oxygens (including phenoxy) is 5. The van der Waals surface area contributed by atoms with Crippen molar-refractivity contribution in [2.24, 2.45) is 0 Å². The SMILES string of the molecule is N#Cc1ccc(C(=O)OCC(=O)OCCOCCOC(=O)COC(=O)c2ccc(C#N)cc2)cc1. The van der Waals surface area contributed by atoms with E-state index in [-0.39, 0.29) is 37.6 Å². The third kappa shape index (κ3) is 9.74. The first-order chi connectivity index (χ1) is 16.9. The standard InChI is InChI=1S/C24H20N2O9/c25-13-17-1-5-19(6-2-17)23(29)34-15-21(27)32-11-9-31-10-12-33-22(28)16-35-24(30)20-7-3-18(14-26)4-8-20/h1-8H,9-12,15-16H2. The van der Waals surface area contributed by atoms with Gasteiger partial charge in [-0.25, -0.2) is 19.2 Å². The fourth-order valence-electron chi connectivity index (χ4n) is 2.39. The lowest BCUT2D eigenvalue weighted by atomic mass is 10.1. The highest BCUT2D eigenvalue weighted by molar-refractivity contribution is 5.91. The lowest BCUT2D eigenvalue weighted by Crippen LogP contribution is -2.20. The maximum atomic E-state index is 11.8. The first-order valence-corrected chi connectivity index (χ1v) is 10.2. The van der Waals surface area contributed by atoms with Gasteiger partial charge >= 0.3 is 23.9 Å². The Morgan fingerprint density at radius 2 is 0.943 bits per heavy atom. The van der Waals surface area contributed by atoms with Gasteiger partial charge in [-0.05, 0) is 48.5 Å². The summed E-state index contributed by atoms with van der Waals surface area (Å²) in [5.41, 5.74) is 1.16. The van der Waals surface area contributed by atoms with Crippen molar-refractivity contribution in [1.29, 1.82) is 10.5 Å². The predicted molar refractivity (Wildman–Crippen MR) is 116 cm³/mol. The largest absolute Gasteiger partial charge is 0.461 e. The van der Waals surface area contributed by atoms with Crippen LogP contribution >= 0.6 is 0 Å². The molecule has 2 aromatic rings. The highest BCUT2D eigenvalue weighted by atomic mass is 16.6. The summed E-state index contributed by atoms with van der Waals surface area (Å²) < 4.78 is 24.5. The van der Waals surface area contributed by atoms with Crippen molar-refractivity contribution >= 4 is 23.9 Å². The Morgan fingerprint density at radius 1 is 0.571 bits per heavy atom. The molecule has 0 radical (unpaired) electrons. The molecule has 11 nitrogen and oxygen atoms in total. The third-order valence-corrected chi connectivity index (χ3v) is 4.12. The van der Waals surface area contributed by atoms with Gasteiger partial charge in [0.15, 0.2) is 13.2 Å².